The van der Waals surface area contributed by atoms with Gasteiger partial charge in [-0.15, -0.1) is 0 Å². The van der Waals surface area contributed by atoms with Gasteiger partial charge in [-0.3, -0.25) is 4.79 Å². The second-order valence-electron chi connectivity index (χ2n) is 7.48. The maximum absolute atomic E-state index is 11.9. The summed E-state index contributed by atoms with van der Waals surface area (Å²) in [5.41, 5.74) is 0.721. The van der Waals surface area contributed by atoms with Gasteiger partial charge >= 0.3 is 5.97 Å². The Morgan fingerprint density at radius 3 is 2.58 bits per heavy atom. The van der Waals surface area contributed by atoms with Crippen LogP contribution in [0.3, 0.4) is 0 Å². The molecule has 1 aromatic rings. The Labute approximate surface area is 149 Å². The fraction of sp³-hybridized carbons (Fsp3) is 0.529. The molecule has 0 radical (unpaired) electrons. The van der Waals surface area contributed by atoms with Crippen LogP contribution in [-0.4, -0.2) is 56.2 Å². The molecule has 6 nitrogen and oxygen atoms in total. The number of carbonyl (C=O) groups excluding carboxylic acids is 2. The minimum atomic E-state index is -0.513. The first-order valence-electron chi connectivity index (χ1n) is 7.64. The van der Waals surface area contributed by atoms with Gasteiger partial charge in [0.1, 0.15) is 12.1 Å². The summed E-state index contributed by atoms with van der Waals surface area (Å²) in [6.45, 7) is 4.12. The van der Waals surface area contributed by atoms with Gasteiger partial charge in [-0.05, 0) is 19.9 Å². The summed E-state index contributed by atoms with van der Waals surface area (Å²) in [4.78, 5) is 23.7. The normalized spacial score (nSPS) is 14.9. The summed E-state index contributed by atoms with van der Waals surface area (Å²) in [7, 11) is 5.72. The molecule has 1 aromatic carbocycles. The lowest BCUT2D eigenvalue weighted by Crippen LogP contribution is -3.00. The highest BCUT2D eigenvalue weighted by Gasteiger charge is 2.32. The average Bonchev–Trinajstić information content (AvgIpc) is 2.69. The van der Waals surface area contributed by atoms with E-state index >= 15 is 0 Å². The molecular formula is C17H25ClN2O4. The molecule has 1 N–H and O–H groups in total. The van der Waals surface area contributed by atoms with E-state index in [2.05, 4.69) is 5.32 Å². The van der Waals surface area contributed by atoms with Crippen LogP contribution in [0.4, 0.5) is 0 Å². The summed E-state index contributed by atoms with van der Waals surface area (Å²) < 4.78 is 11.7. The molecule has 2 rings (SSSR count). The highest BCUT2D eigenvalue weighted by atomic mass is 35.5. The van der Waals surface area contributed by atoms with E-state index in [0.29, 0.717) is 22.5 Å². The van der Waals surface area contributed by atoms with E-state index in [4.69, 9.17) is 9.47 Å². The molecule has 7 heteroatoms. The van der Waals surface area contributed by atoms with Crippen LogP contribution in [0.15, 0.2) is 18.2 Å². The molecule has 0 spiro atoms. The number of nitrogens with zero attached hydrogens (tertiary/aromatic N) is 1. The molecule has 0 bridgehead atoms. The minimum Gasteiger partial charge on any atom is -1.00 e. The second kappa shape index (κ2) is 7.40. The number of para-hydroxylation sites is 1. The number of esters is 1. The molecule has 0 aliphatic carbocycles. The zero-order valence-corrected chi connectivity index (χ0v) is 15.6. The standard InChI is InChI=1S/C17H24N2O4.ClH/c1-17(2)9-12-7-6-8-13(16(12)23-17)22-15(21)10-18-14(20)11-19(3,4)5;/h6-8H,9-11H2,1-5H3;1H. The van der Waals surface area contributed by atoms with E-state index < -0.39 is 5.97 Å². The lowest BCUT2D eigenvalue weighted by atomic mass is 10.0. The van der Waals surface area contributed by atoms with Gasteiger partial charge in [-0.1, -0.05) is 12.1 Å². The van der Waals surface area contributed by atoms with Crippen LogP contribution in [0.5, 0.6) is 11.5 Å². The summed E-state index contributed by atoms with van der Waals surface area (Å²) in [5, 5.41) is 2.57. The highest BCUT2D eigenvalue weighted by Crippen LogP contribution is 2.41. The van der Waals surface area contributed by atoms with Crippen molar-refractivity contribution in [2.75, 3.05) is 34.2 Å². The average molecular weight is 357 g/mol. The number of ether oxygens (including phenoxy) is 2. The third kappa shape index (κ3) is 5.69. The lowest BCUT2D eigenvalue weighted by molar-refractivity contribution is -0.862. The van der Waals surface area contributed by atoms with Crippen molar-refractivity contribution in [3.05, 3.63) is 23.8 Å². The molecule has 134 valence electrons. The number of likely N-dealkylation sites (N-methyl/N-ethyl adjacent to an activating group) is 1. The van der Waals surface area contributed by atoms with Crippen molar-refractivity contribution in [3.63, 3.8) is 0 Å². The first kappa shape index (κ1) is 20.3. The van der Waals surface area contributed by atoms with Crippen LogP contribution in [0.2, 0.25) is 0 Å². The fourth-order valence-corrected chi connectivity index (χ4v) is 2.48. The van der Waals surface area contributed by atoms with Gasteiger partial charge < -0.3 is 31.7 Å². The Hall–Kier alpha value is -1.79. The van der Waals surface area contributed by atoms with E-state index in [9.17, 15) is 9.59 Å². The van der Waals surface area contributed by atoms with Gasteiger partial charge in [0, 0.05) is 12.0 Å². The quantitative estimate of drug-likeness (QED) is 0.381. The predicted molar refractivity (Wildman–Crippen MR) is 86.4 cm³/mol. The van der Waals surface area contributed by atoms with E-state index in [1.165, 1.54) is 0 Å². The van der Waals surface area contributed by atoms with Gasteiger partial charge in [0.2, 0.25) is 0 Å². The maximum atomic E-state index is 11.9. The number of hydrogen-bond donors (Lipinski definition) is 1. The SMILES string of the molecule is CC1(C)Cc2cccc(OC(=O)CNC(=O)C[N+](C)(C)C)c2O1.[Cl-]. The van der Waals surface area contributed by atoms with Crippen molar-refractivity contribution in [1.29, 1.82) is 0 Å². The first-order valence-corrected chi connectivity index (χ1v) is 7.64. The number of fused-ring (bicyclic) bond motifs is 1. The molecule has 0 atom stereocenters. The monoisotopic (exact) mass is 356 g/mol. The number of rotatable bonds is 5. The number of amides is 1. The Morgan fingerprint density at radius 1 is 1.29 bits per heavy atom. The molecule has 0 saturated carbocycles. The second-order valence-corrected chi connectivity index (χ2v) is 7.48. The molecule has 0 aromatic heterocycles. The number of halogens is 1. The topological polar surface area (TPSA) is 64.6 Å². The zero-order chi connectivity index (χ0) is 17.3. The van der Waals surface area contributed by atoms with Gasteiger partial charge in [0.25, 0.3) is 5.91 Å². The highest BCUT2D eigenvalue weighted by molar-refractivity contribution is 5.83. The summed E-state index contributed by atoms with van der Waals surface area (Å²) in [5.74, 6) is 0.314. The van der Waals surface area contributed by atoms with E-state index in [1.54, 1.807) is 6.07 Å². The number of nitrogens with one attached hydrogen (secondary N) is 1. The van der Waals surface area contributed by atoms with Crippen molar-refractivity contribution in [2.24, 2.45) is 0 Å². The molecule has 0 saturated heterocycles. The summed E-state index contributed by atoms with van der Waals surface area (Å²) in [6, 6.07) is 5.50. The Bertz CT molecular complexity index is 624. The Morgan fingerprint density at radius 2 is 1.96 bits per heavy atom. The molecule has 1 aliphatic heterocycles. The minimum absolute atomic E-state index is 0. The molecular weight excluding hydrogens is 332 g/mol. The van der Waals surface area contributed by atoms with Crippen LogP contribution in [0, 0.1) is 0 Å². The largest absolute Gasteiger partial charge is 1.00 e. The molecule has 0 unspecified atom stereocenters. The maximum Gasteiger partial charge on any atom is 0.330 e. The number of carbonyl (C=O) groups is 2. The summed E-state index contributed by atoms with van der Waals surface area (Å²) in [6.07, 6.45) is 0.772. The van der Waals surface area contributed by atoms with Crippen LogP contribution < -0.4 is 27.2 Å². The van der Waals surface area contributed by atoms with Crippen LogP contribution in [0.25, 0.3) is 0 Å². The van der Waals surface area contributed by atoms with Crippen molar-refractivity contribution in [2.45, 2.75) is 25.9 Å². The van der Waals surface area contributed by atoms with Gasteiger partial charge in [-0.2, -0.15) is 0 Å². The molecule has 0 fully saturated rings. The third-order valence-electron chi connectivity index (χ3n) is 3.33. The number of hydrogen-bond acceptors (Lipinski definition) is 4. The van der Waals surface area contributed by atoms with E-state index in [0.717, 1.165) is 12.0 Å². The third-order valence-corrected chi connectivity index (χ3v) is 3.33. The fourth-order valence-electron chi connectivity index (χ4n) is 2.48. The smallest absolute Gasteiger partial charge is 0.330 e. The molecule has 1 amide bonds. The van der Waals surface area contributed by atoms with Gasteiger partial charge in [0.15, 0.2) is 18.0 Å². The molecule has 24 heavy (non-hydrogen) atoms. The Kier molecular flexibility index (Phi) is 6.25. The van der Waals surface area contributed by atoms with Crippen LogP contribution in [0.1, 0.15) is 19.4 Å². The van der Waals surface area contributed by atoms with Crippen molar-refractivity contribution in [3.8, 4) is 11.5 Å². The predicted octanol–water partition coefficient (Wildman–Crippen LogP) is -1.87. The molecule has 1 heterocycles. The first-order chi connectivity index (χ1) is 10.6. The van der Waals surface area contributed by atoms with Crippen molar-refractivity contribution in [1.82, 2.24) is 5.32 Å². The van der Waals surface area contributed by atoms with E-state index in [1.807, 2.05) is 47.1 Å². The lowest BCUT2D eigenvalue weighted by Gasteiger charge is -2.22. The van der Waals surface area contributed by atoms with Crippen LogP contribution in [-0.2, 0) is 16.0 Å². The van der Waals surface area contributed by atoms with Gasteiger partial charge in [-0.25, -0.2) is 4.79 Å². The number of quaternary nitrogens is 1. The molecule has 1 aliphatic rings. The number of benzene rings is 1. The Balaban J connectivity index is 0.00000288. The van der Waals surface area contributed by atoms with E-state index in [-0.39, 0.29) is 30.5 Å². The van der Waals surface area contributed by atoms with Gasteiger partial charge in [0.05, 0.1) is 21.1 Å². The van der Waals surface area contributed by atoms with Crippen molar-refractivity contribution < 1.29 is 36.0 Å². The van der Waals surface area contributed by atoms with Crippen molar-refractivity contribution >= 4 is 11.9 Å². The van der Waals surface area contributed by atoms with Crippen LogP contribution >= 0.6 is 0 Å². The zero-order valence-electron chi connectivity index (χ0n) is 14.8. The summed E-state index contributed by atoms with van der Waals surface area (Å²) >= 11 is 0.